The summed E-state index contributed by atoms with van der Waals surface area (Å²) >= 11 is 5.95. The van der Waals surface area contributed by atoms with Gasteiger partial charge in [-0.25, -0.2) is 0 Å². The average Bonchev–Trinajstić information content (AvgIpc) is 2.65. The molecule has 136 valence electrons. The minimum absolute atomic E-state index is 0.0113. The van der Waals surface area contributed by atoms with Gasteiger partial charge in [0.15, 0.2) is 0 Å². The van der Waals surface area contributed by atoms with Gasteiger partial charge in [0.1, 0.15) is 5.75 Å². The molecule has 0 heterocycles. The quantitative estimate of drug-likeness (QED) is 0.406. The smallest absolute Gasteiger partial charge is 0.227 e. The molecule has 0 saturated heterocycles. The number of phenolic OH excluding ortho intramolecular Hbond substituents is 1. The van der Waals surface area contributed by atoms with Crippen LogP contribution < -0.4 is 11.1 Å². The number of amides is 1. The van der Waals surface area contributed by atoms with Gasteiger partial charge in [0.25, 0.3) is 0 Å². The predicted octanol–water partition coefficient (Wildman–Crippen LogP) is 4.90. The minimum Gasteiger partial charge on any atom is -0.506 e. The number of anilines is 2. The van der Waals surface area contributed by atoms with E-state index in [1.807, 2.05) is 0 Å². The number of nitrogens with two attached hydrogens (primary N) is 1. The van der Waals surface area contributed by atoms with Crippen LogP contribution in [-0.2, 0) is 4.79 Å². The molecule has 2 aromatic carbocycles. The molecule has 0 unspecified atom stereocenters. The molecule has 0 atom stereocenters. The van der Waals surface area contributed by atoms with E-state index in [9.17, 15) is 9.90 Å². The van der Waals surface area contributed by atoms with Gasteiger partial charge in [-0.2, -0.15) is 0 Å². The van der Waals surface area contributed by atoms with E-state index in [1.165, 1.54) is 6.42 Å². The molecule has 4 N–H and O–H groups in total. The molecule has 1 fully saturated rings. The topological polar surface area (TPSA) is 87.7 Å². The number of nitrogen functional groups attached to an aromatic ring is 1. The zero-order chi connectivity index (χ0) is 18.5. The van der Waals surface area contributed by atoms with E-state index < -0.39 is 0 Å². The number of carbonyl (C=O) groups excluding carboxylic acids is 1. The Morgan fingerprint density at radius 1 is 1.19 bits per heavy atom. The highest BCUT2D eigenvalue weighted by molar-refractivity contribution is 6.31. The Kier molecular flexibility index (Phi) is 5.78. The van der Waals surface area contributed by atoms with Gasteiger partial charge in [-0.05, 0) is 48.7 Å². The van der Waals surface area contributed by atoms with Crippen LogP contribution in [-0.4, -0.2) is 17.2 Å². The molecule has 6 heteroatoms. The van der Waals surface area contributed by atoms with Crippen molar-refractivity contribution < 1.29 is 9.90 Å². The second kappa shape index (κ2) is 8.23. The van der Waals surface area contributed by atoms with Crippen molar-refractivity contribution in [2.45, 2.75) is 32.1 Å². The Labute approximate surface area is 157 Å². The zero-order valence-corrected chi connectivity index (χ0v) is 15.2. The highest BCUT2D eigenvalue weighted by Gasteiger charge is 2.21. The van der Waals surface area contributed by atoms with Gasteiger partial charge in [-0.3, -0.25) is 9.79 Å². The van der Waals surface area contributed by atoms with Gasteiger partial charge >= 0.3 is 0 Å². The van der Waals surface area contributed by atoms with E-state index in [1.54, 1.807) is 42.6 Å². The summed E-state index contributed by atoms with van der Waals surface area (Å²) in [5.74, 6) is 0.0282. The number of nitrogens with one attached hydrogen (secondary N) is 1. The fourth-order valence-corrected chi connectivity index (χ4v) is 3.27. The van der Waals surface area contributed by atoms with E-state index in [4.69, 9.17) is 17.3 Å². The highest BCUT2D eigenvalue weighted by atomic mass is 35.5. The molecule has 0 bridgehead atoms. The van der Waals surface area contributed by atoms with Crippen molar-refractivity contribution in [3.8, 4) is 5.75 Å². The van der Waals surface area contributed by atoms with Crippen molar-refractivity contribution in [2.24, 2.45) is 10.9 Å². The van der Waals surface area contributed by atoms with E-state index >= 15 is 0 Å². The van der Waals surface area contributed by atoms with Gasteiger partial charge in [-0.1, -0.05) is 36.9 Å². The third-order valence-corrected chi connectivity index (χ3v) is 4.84. The van der Waals surface area contributed by atoms with Gasteiger partial charge in [0.05, 0.1) is 17.1 Å². The van der Waals surface area contributed by atoms with Crippen molar-refractivity contribution in [3.05, 3.63) is 47.0 Å². The second-order valence-corrected chi connectivity index (χ2v) is 7.00. The van der Waals surface area contributed by atoms with Crippen molar-refractivity contribution in [3.63, 3.8) is 0 Å². The number of hydrogen-bond donors (Lipinski definition) is 3. The molecular formula is C20H22ClN3O2. The summed E-state index contributed by atoms with van der Waals surface area (Å²) < 4.78 is 0. The monoisotopic (exact) mass is 371 g/mol. The van der Waals surface area contributed by atoms with Crippen LogP contribution in [0.25, 0.3) is 0 Å². The zero-order valence-electron chi connectivity index (χ0n) is 14.4. The Hall–Kier alpha value is -2.53. The molecule has 0 aromatic heterocycles. The molecule has 0 aliphatic heterocycles. The van der Waals surface area contributed by atoms with Crippen LogP contribution in [0.3, 0.4) is 0 Å². The van der Waals surface area contributed by atoms with Crippen LogP contribution in [0.15, 0.2) is 41.4 Å². The molecule has 1 aliphatic carbocycles. The number of phenols is 1. The number of halogens is 1. The molecule has 26 heavy (non-hydrogen) atoms. The van der Waals surface area contributed by atoms with Crippen LogP contribution in [0, 0.1) is 5.92 Å². The number of hydrogen-bond acceptors (Lipinski definition) is 4. The lowest BCUT2D eigenvalue weighted by Crippen LogP contribution is -2.24. The maximum atomic E-state index is 12.3. The summed E-state index contributed by atoms with van der Waals surface area (Å²) in [5.41, 5.74) is 8.05. The lowest BCUT2D eigenvalue weighted by Gasteiger charge is -2.21. The normalized spacial score (nSPS) is 15.3. The predicted molar refractivity (Wildman–Crippen MR) is 106 cm³/mol. The van der Waals surface area contributed by atoms with Crippen LogP contribution in [0.1, 0.15) is 37.7 Å². The molecule has 0 radical (unpaired) electrons. The maximum absolute atomic E-state index is 12.3. The van der Waals surface area contributed by atoms with Gasteiger partial charge in [-0.15, -0.1) is 0 Å². The number of nitrogens with zero attached hydrogens (tertiary/aromatic N) is 1. The van der Waals surface area contributed by atoms with Gasteiger partial charge in [0.2, 0.25) is 5.91 Å². The highest BCUT2D eigenvalue weighted by Crippen LogP contribution is 2.29. The van der Waals surface area contributed by atoms with Crippen LogP contribution in [0.5, 0.6) is 5.75 Å². The van der Waals surface area contributed by atoms with Crippen molar-refractivity contribution in [1.82, 2.24) is 0 Å². The van der Waals surface area contributed by atoms with Crippen molar-refractivity contribution in [1.29, 1.82) is 0 Å². The summed E-state index contributed by atoms with van der Waals surface area (Å²) in [6.45, 7) is 0. The Balaban J connectivity index is 1.70. The molecule has 0 spiro atoms. The molecule has 1 saturated carbocycles. The first-order valence-corrected chi connectivity index (χ1v) is 9.14. The number of benzene rings is 2. The fourth-order valence-electron chi connectivity index (χ4n) is 3.11. The molecule has 5 nitrogen and oxygen atoms in total. The number of rotatable bonds is 4. The Morgan fingerprint density at radius 3 is 2.69 bits per heavy atom. The summed E-state index contributed by atoms with van der Waals surface area (Å²) in [5, 5.41) is 13.6. The third kappa shape index (κ3) is 4.55. The fraction of sp³-hybridized carbons (Fsp3) is 0.300. The van der Waals surface area contributed by atoms with E-state index in [2.05, 4.69) is 10.3 Å². The number of aliphatic imine (C=N–C) groups is 1. The number of carbonyl (C=O) groups is 1. The van der Waals surface area contributed by atoms with Crippen LogP contribution in [0.2, 0.25) is 5.02 Å². The molecular weight excluding hydrogens is 350 g/mol. The molecule has 1 amide bonds. The Morgan fingerprint density at radius 2 is 1.96 bits per heavy atom. The standard InChI is InChI=1S/C20H22ClN3O2/c21-15-7-8-16(22)18(11-15)23-12-13-6-9-17(19(25)10-13)24-20(26)14-4-2-1-3-5-14/h6-12,14,25H,1-5,22H2,(H,24,26). The van der Waals surface area contributed by atoms with Gasteiger partial charge < -0.3 is 16.2 Å². The van der Waals surface area contributed by atoms with Gasteiger partial charge in [0, 0.05) is 17.2 Å². The average molecular weight is 372 g/mol. The summed E-state index contributed by atoms with van der Waals surface area (Å²) in [7, 11) is 0. The second-order valence-electron chi connectivity index (χ2n) is 6.56. The molecule has 1 aliphatic rings. The summed E-state index contributed by atoms with van der Waals surface area (Å²) in [4.78, 5) is 16.6. The first kappa shape index (κ1) is 18.3. The van der Waals surface area contributed by atoms with Crippen LogP contribution >= 0.6 is 11.6 Å². The van der Waals surface area contributed by atoms with E-state index in [0.29, 0.717) is 27.6 Å². The largest absolute Gasteiger partial charge is 0.506 e. The number of aromatic hydroxyl groups is 1. The summed E-state index contributed by atoms with van der Waals surface area (Å²) in [6, 6.07) is 10.1. The van der Waals surface area contributed by atoms with Crippen molar-refractivity contribution in [2.75, 3.05) is 11.1 Å². The van der Waals surface area contributed by atoms with Crippen molar-refractivity contribution >= 4 is 40.8 Å². The first-order chi connectivity index (χ1) is 12.5. The SMILES string of the molecule is Nc1ccc(Cl)cc1N=Cc1ccc(NC(=O)C2CCCCC2)c(O)c1. The lowest BCUT2D eigenvalue weighted by atomic mass is 9.88. The first-order valence-electron chi connectivity index (χ1n) is 8.76. The maximum Gasteiger partial charge on any atom is 0.227 e. The minimum atomic E-state index is -0.0203. The third-order valence-electron chi connectivity index (χ3n) is 4.60. The van der Waals surface area contributed by atoms with E-state index in [0.717, 1.165) is 25.7 Å². The van der Waals surface area contributed by atoms with Crippen LogP contribution in [0.4, 0.5) is 17.1 Å². The molecule has 3 rings (SSSR count). The van der Waals surface area contributed by atoms with E-state index in [-0.39, 0.29) is 17.6 Å². The summed E-state index contributed by atoms with van der Waals surface area (Å²) in [6.07, 6.45) is 6.80. The lowest BCUT2D eigenvalue weighted by molar-refractivity contribution is -0.120. The Bertz CT molecular complexity index is 830. The molecule has 2 aromatic rings.